The van der Waals surface area contributed by atoms with Crippen molar-refractivity contribution in [1.29, 1.82) is 0 Å². The van der Waals surface area contributed by atoms with Gasteiger partial charge in [0.2, 0.25) is 5.91 Å². The number of hydrogen-bond acceptors (Lipinski definition) is 2. The Balaban J connectivity index is 1.67. The summed E-state index contributed by atoms with van der Waals surface area (Å²) in [5.74, 6) is -0.152. The van der Waals surface area contributed by atoms with E-state index in [0.29, 0.717) is 11.3 Å². The third-order valence-electron chi connectivity index (χ3n) is 3.61. The highest BCUT2D eigenvalue weighted by Crippen LogP contribution is 2.19. The Morgan fingerprint density at radius 3 is 2.83 bits per heavy atom. The Kier molecular flexibility index (Phi) is 4.34. The highest BCUT2D eigenvalue weighted by molar-refractivity contribution is 7.99. The molecule has 4 nitrogen and oxygen atoms in total. The molecule has 0 spiro atoms. The number of fused-ring (bicyclic) bond motifs is 1. The molecule has 0 unspecified atom stereocenters. The number of benzene rings is 2. The monoisotopic (exact) mass is 330 g/mol. The normalized spacial score (nSPS) is 10.9. The largest absolute Gasteiger partial charge is 0.325 e. The molecule has 0 saturated heterocycles. The topological polar surface area (TPSA) is 48.8 Å². The molecule has 1 heterocycles. The summed E-state index contributed by atoms with van der Waals surface area (Å²) in [5.41, 5.74) is 3.47. The van der Waals surface area contributed by atoms with Gasteiger partial charge < -0.3 is 5.32 Å². The van der Waals surface area contributed by atoms with Crippen molar-refractivity contribution < 1.29 is 13.8 Å². The summed E-state index contributed by atoms with van der Waals surface area (Å²) < 4.78 is 15.1. The number of imidazole rings is 1. The van der Waals surface area contributed by atoms with Crippen LogP contribution in [0.5, 0.6) is 0 Å². The minimum Gasteiger partial charge on any atom is -0.325 e. The van der Waals surface area contributed by atoms with Gasteiger partial charge in [-0.25, -0.2) is 13.9 Å². The van der Waals surface area contributed by atoms with Gasteiger partial charge >= 0.3 is 5.16 Å². The molecule has 23 heavy (non-hydrogen) atoms. The standard InChI is InChI=1S/C17H16FN3OS/c1-11-9-12(18)7-8-13(11)19-16(22)10-23-17-20-14-5-3-4-6-15(14)21(17)2/h3-9H,10H2,1-2H3,(H,19,22)/p+1. The van der Waals surface area contributed by atoms with Crippen LogP contribution in [0.3, 0.4) is 0 Å². The van der Waals surface area contributed by atoms with E-state index < -0.39 is 0 Å². The Morgan fingerprint density at radius 2 is 2.09 bits per heavy atom. The molecule has 0 saturated carbocycles. The first-order chi connectivity index (χ1) is 11.0. The number of carbonyl (C=O) groups is 1. The smallest absolute Gasteiger partial charge is 0.317 e. The molecule has 1 aromatic heterocycles. The van der Waals surface area contributed by atoms with E-state index >= 15 is 0 Å². The molecule has 2 N–H and O–H groups in total. The zero-order chi connectivity index (χ0) is 16.4. The zero-order valence-corrected chi connectivity index (χ0v) is 13.7. The Morgan fingerprint density at radius 1 is 1.30 bits per heavy atom. The first-order valence-electron chi connectivity index (χ1n) is 7.20. The van der Waals surface area contributed by atoms with Crippen molar-refractivity contribution in [3.05, 3.63) is 53.8 Å². The van der Waals surface area contributed by atoms with Gasteiger partial charge in [-0.2, -0.15) is 0 Å². The van der Waals surface area contributed by atoms with E-state index in [0.717, 1.165) is 16.2 Å². The number of halogens is 1. The number of anilines is 1. The summed E-state index contributed by atoms with van der Waals surface area (Å²) in [6.45, 7) is 1.77. The third-order valence-corrected chi connectivity index (χ3v) is 4.67. The van der Waals surface area contributed by atoms with Crippen LogP contribution in [0.1, 0.15) is 5.56 Å². The van der Waals surface area contributed by atoms with Crippen molar-refractivity contribution in [2.45, 2.75) is 12.1 Å². The van der Waals surface area contributed by atoms with Crippen LogP contribution in [0, 0.1) is 12.7 Å². The van der Waals surface area contributed by atoms with Crippen LogP contribution in [0.2, 0.25) is 0 Å². The first kappa shape index (κ1) is 15.6. The highest BCUT2D eigenvalue weighted by atomic mass is 32.2. The Hall–Kier alpha value is -2.34. The number of H-pyrrole nitrogens is 1. The van der Waals surface area contributed by atoms with E-state index in [-0.39, 0.29) is 17.5 Å². The molecule has 1 amide bonds. The minimum absolute atomic E-state index is 0.122. The van der Waals surface area contributed by atoms with Gasteiger partial charge in [0.25, 0.3) is 0 Å². The molecule has 3 aromatic rings. The molecule has 6 heteroatoms. The van der Waals surface area contributed by atoms with Crippen LogP contribution in [0.15, 0.2) is 47.6 Å². The minimum atomic E-state index is -0.306. The second-order valence-corrected chi connectivity index (χ2v) is 6.27. The van der Waals surface area contributed by atoms with Gasteiger partial charge in [0.05, 0.1) is 12.8 Å². The maximum Gasteiger partial charge on any atom is 0.317 e. The molecule has 2 aromatic carbocycles. The molecule has 0 atom stereocenters. The summed E-state index contributed by atoms with van der Waals surface area (Å²) in [7, 11) is 1.96. The number of amides is 1. The summed E-state index contributed by atoms with van der Waals surface area (Å²) in [6.07, 6.45) is 0. The molecule has 0 aliphatic carbocycles. The lowest BCUT2D eigenvalue weighted by atomic mass is 10.2. The van der Waals surface area contributed by atoms with Gasteiger partial charge in [0.15, 0.2) is 11.0 Å². The van der Waals surface area contributed by atoms with Crippen LogP contribution in [0.25, 0.3) is 11.0 Å². The van der Waals surface area contributed by atoms with E-state index in [4.69, 9.17) is 0 Å². The number of aromatic nitrogens is 2. The fourth-order valence-electron chi connectivity index (χ4n) is 2.40. The zero-order valence-electron chi connectivity index (χ0n) is 12.9. The average Bonchev–Trinajstić information content (AvgIpc) is 2.85. The summed E-state index contributed by atoms with van der Waals surface area (Å²) in [6, 6.07) is 12.3. The molecule has 0 radical (unpaired) electrons. The van der Waals surface area contributed by atoms with Gasteiger partial charge in [0.1, 0.15) is 5.82 Å². The van der Waals surface area contributed by atoms with Gasteiger partial charge in [-0.1, -0.05) is 12.1 Å². The molecule has 0 bridgehead atoms. The van der Waals surface area contributed by atoms with Gasteiger partial charge in [-0.05, 0) is 54.6 Å². The van der Waals surface area contributed by atoms with Crippen molar-refractivity contribution in [3.63, 3.8) is 0 Å². The first-order valence-corrected chi connectivity index (χ1v) is 8.18. The summed E-state index contributed by atoms with van der Waals surface area (Å²) in [4.78, 5) is 15.4. The predicted octanol–water partition coefficient (Wildman–Crippen LogP) is 3.17. The number of nitrogens with zero attached hydrogens (tertiary/aromatic N) is 1. The van der Waals surface area contributed by atoms with E-state index in [1.165, 1.54) is 23.9 Å². The molecule has 0 aliphatic rings. The average molecular weight is 330 g/mol. The van der Waals surface area contributed by atoms with E-state index in [1.54, 1.807) is 13.0 Å². The lowest BCUT2D eigenvalue weighted by molar-refractivity contribution is -0.683. The van der Waals surface area contributed by atoms with Crippen LogP contribution >= 0.6 is 11.8 Å². The fraction of sp³-hybridized carbons (Fsp3) is 0.176. The number of nitrogens with one attached hydrogen (secondary N) is 2. The third kappa shape index (κ3) is 3.37. The number of aromatic amines is 1. The molecule has 3 rings (SSSR count). The number of para-hydroxylation sites is 2. The number of carbonyl (C=O) groups excluding carboxylic acids is 1. The maximum atomic E-state index is 13.1. The summed E-state index contributed by atoms with van der Waals surface area (Å²) >= 11 is 1.43. The van der Waals surface area contributed by atoms with E-state index in [2.05, 4.69) is 10.3 Å². The quantitative estimate of drug-likeness (QED) is 0.570. The van der Waals surface area contributed by atoms with Crippen molar-refractivity contribution in [1.82, 2.24) is 4.98 Å². The highest BCUT2D eigenvalue weighted by Gasteiger charge is 2.17. The number of rotatable bonds is 4. The SMILES string of the molecule is Cc1cc(F)ccc1NC(=O)CSc1[nH]c2ccccc2[n+]1C. The molecular weight excluding hydrogens is 313 g/mol. The van der Waals surface area contributed by atoms with Crippen molar-refractivity contribution in [2.24, 2.45) is 7.05 Å². The van der Waals surface area contributed by atoms with Crippen LogP contribution in [-0.2, 0) is 11.8 Å². The second kappa shape index (κ2) is 6.42. The molecule has 118 valence electrons. The van der Waals surface area contributed by atoms with Crippen LogP contribution in [0.4, 0.5) is 10.1 Å². The van der Waals surface area contributed by atoms with Gasteiger partial charge in [0, 0.05) is 5.69 Å². The van der Waals surface area contributed by atoms with Crippen LogP contribution < -0.4 is 9.88 Å². The lowest BCUT2D eigenvalue weighted by Gasteiger charge is -2.07. The van der Waals surface area contributed by atoms with Crippen LogP contribution in [-0.4, -0.2) is 16.6 Å². The van der Waals surface area contributed by atoms with Crippen molar-refractivity contribution in [2.75, 3.05) is 11.1 Å². The Labute approximate surface area is 137 Å². The Bertz CT molecular complexity index is 875. The van der Waals surface area contributed by atoms with Gasteiger partial charge in [-0.15, -0.1) is 0 Å². The number of thioether (sulfide) groups is 1. The van der Waals surface area contributed by atoms with Crippen molar-refractivity contribution in [3.8, 4) is 0 Å². The molecule has 0 fully saturated rings. The lowest BCUT2D eigenvalue weighted by Crippen LogP contribution is -2.29. The van der Waals surface area contributed by atoms with Crippen molar-refractivity contribution >= 4 is 34.4 Å². The fourth-order valence-corrected chi connectivity index (χ4v) is 3.21. The van der Waals surface area contributed by atoms with Gasteiger partial charge in [-0.3, -0.25) is 4.79 Å². The number of aryl methyl sites for hydroxylation is 2. The maximum absolute atomic E-state index is 13.1. The van der Waals surface area contributed by atoms with E-state index in [9.17, 15) is 9.18 Å². The summed E-state index contributed by atoms with van der Waals surface area (Å²) in [5, 5.41) is 3.73. The predicted molar refractivity (Wildman–Crippen MR) is 90.0 cm³/mol. The number of hydrogen-bond donors (Lipinski definition) is 2. The second-order valence-electron chi connectivity index (χ2n) is 5.30. The molecule has 0 aliphatic heterocycles. The molecular formula is C17H17FN3OS+. The van der Waals surface area contributed by atoms with E-state index in [1.807, 2.05) is 35.9 Å².